The molecule has 100 valence electrons. The normalized spacial score (nSPS) is 29.5. The van der Waals surface area contributed by atoms with Gasteiger partial charge >= 0.3 is 6.18 Å². The Kier molecular flexibility index (Phi) is 2.83. The molecule has 3 rings (SSSR count). The van der Waals surface area contributed by atoms with Gasteiger partial charge in [-0.1, -0.05) is 0 Å². The van der Waals surface area contributed by atoms with E-state index in [1.807, 2.05) is 0 Å². The predicted molar refractivity (Wildman–Crippen MR) is 59.0 cm³/mol. The Morgan fingerprint density at radius 2 is 1.72 bits per heavy atom. The molecule has 0 aromatic carbocycles. The van der Waals surface area contributed by atoms with Gasteiger partial charge in [0.05, 0.1) is 5.92 Å². The fourth-order valence-corrected chi connectivity index (χ4v) is 2.86. The van der Waals surface area contributed by atoms with Gasteiger partial charge in [-0.15, -0.1) is 10.2 Å². The van der Waals surface area contributed by atoms with E-state index in [2.05, 4.69) is 14.8 Å². The van der Waals surface area contributed by atoms with Gasteiger partial charge in [-0.3, -0.25) is 0 Å². The van der Waals surface area contributed by atoms with E-state index in [-0.39, 0.29) is 18.8 Å². The number of halogens is 3. The fraction of sp³-hybridized carbons (Fsp3) is 0.833. The first-order valence-corrected chi connectivity index (χ1v) is 6.52. The van der Waals surface area contributed by atoms with Gasteiger partial charge in [0.25, 0.3) is 0 Å². The molecular formula is C12H16F3N3. The van der Waals surface area contributed by atoms with Crippen LogP contribution in [0.3, 0.4) is 0 Å². The Hall–Kier alpha value is -1.07. The lowest BCUT2D eigenvalue weighted by Crippen LogP contribution is -2.27. The summed E-state index contributed by atoms with van der Waals surface area (Å²) < 4.78 is 39.9. The van der Waals surface area contributed by atoms with Crippen LogP contribution in [-0.2, 0) is 0 Å². The van der Waals surface area contributed by atoms with E-state index in [1.165, 1.54) is 0 Å². The van der Waals surface area contributed by atoms with E-state index < -0.39 is 12.1 Å². The molecule has 1 heterocycles. The molecule has 1 aromatic heterocycles. The van der Waals surface area contributed by atoms with Crippen LogP contribution >= 0.6 is 0 Å². The Morgan fingerprint density at radius 3 is 2.28 bits per heavy atom. The molecule has 2 saturated carbocycles. The van der Waals surface area contributed by atoms with E-state index >= 15 is 0 Å². The highest BCUT2D eigenvalue weighted by Gasteiger charge is 2.42. The van der Waals surface area contributed by atoms with Crippen LogP contribution in [0.15, 0.2) is 6.33 Å². The Bertz CT molecular complexity index is 414. The largest absolute Gasteiger partial charge is 0.391 e. The van der Waals surface area contributed by atoms with Crippen molar-refractivity contribution >= 4 is 0 Å². The summed E-state index contributed by atoms with van der Waals surface area (Å²) in [6.45, 7) is 0. The predicted octanol–water partition coefficient (Wildman–Crippen LogP) is 3.45. The Labute approximate surface area is 103 Å². The van der Waals surface area contributed by atoms with Gasteiger partial charge in [0.2, 0.25) is 0 Å². The summed E-state index contributed by atoms with van der Waals surface area (Å²) in [6.07, 6.45) is 1.59. The van der Waals surface area contributed by atoms with Crippen molar-refractivity contribution in [1.29, 1.82) is 0 Å². The number of rotatable bonds is 2. The molecule has 2 aliphatic carbocycles. The molecule has 2 aliphatic rings. The molecule has 0 N–H and O–H groups in total. The van der Waals surface area contributed by atoms with Crippen LogP contribution in [0.1, 0.15) is 56.3 Å². The highest BCUT2D eigenvalue weighted by molar-refractivity contribution is 5.03. The first-order valence-electron chi connectivity index (χ1n) is 6.52. The summed E-state index contributed by atoms with van der Waals surface area (Å²) in [5.41, 5.74) is 0. The van der Waals surface area contributed by atoms with Gasteiger partial charge in [-0.2, -0.15) is 13.2 Å². The second kappa shape index (κ2) is 4.24. The van der Waals surface area contributed by atoms with Gasteiger partial charge < -0.3 is 4.57 Å². The van der Waals surface area contributed by atoms with Crippen LogP contribution in [0.4, 0.5) is 13.2 Å². The summed E-state index contributed by atoms with van der Waals surface area (Å²) in [5.74, 6) is -0.0594. The number of nitrogens with zero attached hydrogens (tertiary/aromatic N) is 3. The van der Waals surface area contributed by atoms with E-state index in [1.54, 1.807) is 6.33 Å². The van der Waals surface area contributed by atoms with E-state index in [9.17, 15) is 13.2 Å². The summed E-state index contributed by atoms with van der Waals surface area (Å²) >= 11 is 0. The lowest BCUT2D eigenvalue weighted by atomic mass is 9.81. The van der Waals surface area contributed by atoms with Gasteiger partial charge in [0, 0.05) is 12.0 Å². The zero-order valence-corrected chi connectivity index (χ0v) is 10.0. The van der Waals surface area contributed by atoms with Crippen molar-refractivity contribution in [2.24, 2.45) is 5.92 Å². The van der Waals surface area contributed by atoms with Crippen molar-refractivity contribution < 1.29 is 13.2 Å². The minimum absolute atomic E-state index is 0.159. The van der Waals surface area contributed by atoms with Gasteiger partial charge in [-0.05, 0) is 38.5 Å². The first kappa shape index (κ1) is 12.0. The maximum absolute atomic E-state index is 12.6. The van der Waals surface area contributed by atoms with Crippen molar-refractivity contribution in [2.45, 2.75) is 56.7 Å². The molecule has 0 saturated heterocycles. The summed E-state index contributed by atoms with van der Waals surface area (Å²) in [6, 6.07) is 0.496. The SMILES string of the molecule is FC(F)(F)C1CCC(c2nncn2C2CC2)CC1. The molecular weight excluding hydrogens is 243 g/mol. The Morgan fingerprint density at radius 1 is 1.06 bits per heavy atom. The van der Waals surface area contributed by atoms with Crippen LogP contribution in [0.2, 0.25) is 0 Å². The van der Waals surface area contributed by atoms with Crippen LogP contribution in [0.5, 0.6) is 0 Å². The molecule has 0 atom stereocenters. The minimum atomic E-state index is -4.03. The van der Waals surface area contributed by atoms with Gasteiger partial charge in [0.15, 0.2) is 0 Å². The number of hydrogen-bond acceptors (Lipinski definition) is 2. The molecule has 6 heteroatoms. The molecule has 1 aromatic rings. The van der Waals surface area contributed by atoms with Crippen LogP contribution in [-0.4, -0.2) is 20.9 Å². The van der Waals surface area contributed by atoms with E-state index in [0.717, 1.165) is 18.7 Å². The molecule has 0 radical (unpaired) electrons. The number of aromatic nitrogens is 3. The van der Waals surface area contributed by atoms with Crippen LogP contribution in [0.25, 0.3) is 0 Å². The third-order valence-electron chi connectivity index (χ3n) is 4.10. The zero-order valence-electron chi connectivity index (χ0n) is 10.0. The molecule has 0 spiro atoms. The fourth-order valence-electron chi connectivity index (χ4n) is 2.86. The van der Waals surface area contributed by atoms with Crippen LogP contribution in [0, 0.1) is 5.92 Å². The summed E-state index contributed by atoms with van der Waals surface area (Å²) in [5, 5.41) is 8.04. The van der Waals surface area contributed by atoms with Crippen molar-refractivity contribution in [3.8, 4) is 0 Å². The quantitative estimate of drug-likeness (QED) is 0.814. The standard InChI is InChI=1S/C12H16F3N3/c13-12(14,15)9-3-1-8(2-4-9)11-17-16-7-18(11)10-5-6-10/h7-10H,1-6H2. The topological polar surface area (TPSA) is 30.7 Å². The summed E-state index contributed by atoms with van der Waals surface area (Å²) in [4.78, 5) is 0. The highest BCUT2D eigenvalue weighted by atomic mass is 19.4. The van der Waals surface area contributed by atoms with Crippen molar-refractivity contribution in [2.75, 3.05) is 0 Å². The maximum atomic E-state index is 12.6. The Balaban J connectivity index is 1.67. The monoisotopic (exact) mass is 259 g/mol. The van der Waals surface area contributed by atoms with E-state index in [4.69, 9.17) is 0 Å². The average molecular weight is 259 g/mol. The van der Waals surface area contributed by atoms with Crippen molar-refractivity contribution in [1.82, 2.24) is 14.8 Å². The molecule has 0 bridgehead atoms. The molecule has 0 aliphatic heterocycles. The van der Waals surface area contributed by atoms with Gasteiger partial charge in [0.1, 0.15) is 12.2 Å². The average Bonchev–Trinajstić information content (AvgIpc) is 3.06. The lowest BCUT2D eigenvalue weighted by Gasteiger charge is -2.29. The van der Waals surface area contributed by atoms with Gasteiger partial charge in [-0.25, -0.2) is 0 Å². The zero-order chi connectivity index (χ0) is 12.8. The second-order valence-electron chi connectivity index (χ2n) is 5.42. The highest BCUT2D eigenvalue weighted by Crippen LogP contribution is 2.44. The molecule has 2 fully saturated rings. The van der Waals surface area contributed by atoms with Crippen LogP contribution < -0.4 is 0 Å². The summed E-state index contributed by atoms with van der Waals surface area (Å²) in [7, 11) is 0. The molecule has 0 unspecified atom stereocenters. The minimum Gasteiger partial charge on any atom is -0.314 e. The number of hydrogen-bond donors (Lipinski definition) is 0. The molecule has 18 heavy (non-hydrogen) atoms. The molecule has 0 amide bonds. The van der Waals surface area contributed by atoms with Crippen molar-refractivity contribution in [3.05, 3.63) is 12.2 Å². The third kappa shape index (κ3) is 2.24. The lowest BCUT2D eigenvalue weighted by molar-refractivity contribution is -0.182. The maximum Gasteiger partial charge on any atom is 0.391 e. The molecule has 3 nitrogen and oxygen atoms in total. The first-order chi connectivity index (χ1) is 8.55. The smallest absolute Gasteiger partial charge is 0.314 e. The second-order valence-corrected chi connectivity index (χ2v) is 5.42. The van der Waals surface area contributed by atoms with Crippen molar-refractivity contribution in [3.63, 3.8) is 0 Å². The third-order valence-corrected chi connectivity index (χ3v) is 4.10. The van der Waals surface area contributed by atoms with E-state index in [0.29, 0.717) is 18.9 Å². The number of alkyl halides is 3.